The molecule has 0 saturated heterocycles. The number of hydrogen-bond acceptors (Lipinski definition) is 4. The van der Waals surface area contributed by atoms with Gasteiger partial charge in [-0.1, -0.05) is 31.5 Å². The van der Waals surface area contributed by atoms with Gasteiger partial charge in [0.15, 0.2) is 0 Å². The number of rotatable bonds is 5. The van der Waals surface area contributed by atoms with Crippen LogP contribution in [0.1, 0.15) is 25.0 Å². The van der Waals surface area contributed by atoms with Crippen LogP contribution in [0.3, 0.4) is 0 Å². The van der Waals surface area contributed by atoms with Crippen LogP contribution in [0, 0.1) is 19.8 Å². The summed E-state index contributed by atoms with van der Waals surface area (Å²) in [6.07, 6.45) is 1.73. The summed E-state index contributed by atoms with van der Waals surface area (Å²) < 4.78 is 0. The van der Waals surface area contributed by atoms with Gasteiger partial charge < -0.3 is 10.6 Å². The highest BCUT2D eigenvalue weighted by Crippen LogP contribution is 2.29. The minimum absolute atomic E-state index is 0.541. The molecule has 21 heavy (non-hydrogen) atoms. The lowest BCUT2D eigenvalue weighted by molar-refractivity contribution is 0.684. The predicted octanol–water partition coefficient (Wildman–Crippen LogP) is 4.56. The zero-order valence-corrected chi connectivity index (χ0v) is 13.6. The minimum atomic E-state index is 0.541. The lowest BCUT2D eigenvalue weighted by atomic mass is 10.1. The second kappa shape index (κ2) is 6.76. The molecule has 0 aliphatic heterocycles. The van der Waals surface area contributed by atoms with Crippen molar-refractivity contribution in [2.75, 3.05) is 17.2 Å². The average molecular weight is 305 g/mol. The smallest absolute Gasteiger partial charge is 0.224 e. The van der Waals surface area contributed by atoms with Crippen molar-refractivity contribution >= 4 is 29.1 Å². The Bertz CT molecular complexity index is 602. The van der Waals surface area contributed by atoms with Crippen LogP contribution in [-0.2, 0) is 0 Å². The van der Waals surface area contributed by atoms with E-state index in [0.717, 1.165) is 29.2 Å². The van der Waals surface area contributed by atoms with Gasteiger partial charge in [-0.05, 0) is 43.0 Å². The summed E-state index contributed by atoms with van der Waals surface area (Å²) in [5.74, 6) is 1.89. The Kier molecular flexibility index (Phi) is 5.02. The molecule has 0 amide bonds. The normalized spacial score (nSPS) is 10.8. The topological polar surface area (TPSA) is 49.8 Å². The number of nitrogens with one attached hydrogen (secondary N) is 2. The lowest BCUT2D eigenvalue weighted by Gasteiger charge is -2.13. The lowest BCUT2D eigenvalue weighted by Crippen LogP contribution is -2.11. The molecule has 5 heteroatoms. The molecule has 0 aliphatic carbocycles. The number of aromatic nitrogens is 2. The molecule has 1 aromatic carbocycles. The van der Waals surface area contributed by atoms with E-state index < -0.39 is 0 Å². The van der Waals surface area contributed by atoms with Crippen LogP contribution in [0.2, 0.25) is 5.02 Å². The van der Waals surface area contributed by atoms with Crippen LogP contribution in [-0.4, -0.2) is 16.5 Å². The molecule has 2 N–H and O–H groups in total. The van der Waals surface area contributed by atoms with Crippen LogP contribution in [0.15, 0.2) is 24.4 Å². The van der Waals surface area contributed by atoms with E-state index in [2.05, 4.69) is 40.5 Å². The van der Waals surface area contributed by atoms with Crippen molar-refractivity contribution in [3.63, 3.8) is 0 Å². The van der Waals surface area contributed by atoms with Gasteiger partial charge in [0.05, 0.1) is 10.7 Å². The van der Waals surface area contributed by atoms with Crippen LogP contribution in [0.4, 0.5) is 17.5 Å². The van der Waals surface area contributed by atoms with Crippen molar-refractivity contribution in [1.82, 2.24) is 9.97 Å². The van der Waals surface area contributed by atoms with Gasteiger partial charge in [-0.25, -0.2) is 4.98 Å². The van der Waals surface area contributed by atoms with Crippen LogP contribution in [0.25, 0.3) is 0 Å². The molecule has 0 aliphatic rings. The molecule has 0 radical (unpaired) electrons. The highest BCUT2D eigenvalue weighted by molar-refractivity contribution is 6.33. The third-order valence-corrected chi connectivity index (χ3v) is 3.31. The Balaban J connectivity index is 2.18. The second-order valence-corrected chi connectivity index (χ2v) is 6.01. The molecule has 0 spiro atoms. The zero-order chi connectivity index (χ0) is 15.4. The molecule has 0 fully saturated rings. The molecule has 0 bridgehead atoms. The van der Waals surface area contributed by atoms with Crippen LogP contribution < -0.4 is 10.6 Å². The third kappa shape index (κ3) is 4.33. The van der Waals surface area contributed by atoms with Crippen molar-refractivity contribution in [2.45, 2.75) is 27.7 Å². The van der Waals surface area contributed by atoms with Crippen molar-refractivity contribution in [2.24, 2.45) is 5.92 Å². The minimum Gasteiger partial charge on any atom is -0.354 e. The maximum atomic E-state index is 6.31. The molecule has 4 nitrogen and oxygen atoms in total. The standard InChI is InChI=1S/C16H21ClN4/c1-10(2)9-19-16-18-6-5-14(21-16)20-15-12(4)7-11(3)8-13(15)17/h5-8,10H,9H2,1-4H3,(H2,18,19,20,21). The van der Waals surface area contributed by atoms with Gasteiger partial charge in [-0.15, -0.1) is 0 Å². The molecule has 2 rings (SSSR count). The van der Waals surface area contributed by atoms with Gasteiger partial charge in [0, 0.05) is 12.7 Å². The summed E-state index contributed by atoms with van der Waals surface area (Å²) in [4.78, 5) is 8.67. The van der Waals surface area contributed by atoms with Gasteiger partial charge in [0.2, 0.25) is 5.95 Å². The van der Waals surface area contributed by atoms with E-state index in [1.54, 1.807) is 6.20 Å². The maximum Gasteiger partial charge on any atom is 0.224 e. The summed E-state index contributed by atoms with van der Waals surface area (Å²) in [6, 6.07) is 5.86. The quantitative estimate of drug-likeness (QED) is 0.850. The van der Waals surface area contributed by atoms with Gasteiger partial charge in [0.1, 0.15) is 5.82 Å². The highest BCUT2D eigenvalue weighted by atomic mass is 35.5. The fourth-order valence-electron chi connectivity index (χ4n) is 2.01. The monoisotopic (exact) mass is 304 g/mol. The Morgan fingerprint density at radius 1 is 1.24 bits per heavy atom. The van der Waals surface area contributed by atoms with Crippen LogP contribution >= 0.6 is 11.6 Å². The Hall–Kier alpha value is -1.81. The van der Waals surface area contributed by atoms with Gasteiger partial charge in [-0.3, -0.25) is 0 Å². The summed E-state index contributed by atoms with van der Waals surface area (Å²) in [5.41, 5.74) is 3.12. The molecular formula is C16H21ClN4. The zero-order valence-electron chi connectivity index (χ0n) is 12.9. The first-order chi connectivity index (χ1) is 9.95. The van der Waals surface area contributed by atoms with Gasteiger partial charge in [0.25, 0.3) is 0 Å². The molecule has 2 aromatic rings. The molecule has 0 saturated carbocycles. The van der Waals surface area contributed by atoms with E-state index in [-0.39, 0.29) is 0 Å². The average Bonchev–Trinajstić information content (AvgIpc) is 2.41. The first kappa shape index (κ1) is 15.6. The fraction of sp³-hybridized carbons (Fsp3) is 0.375. The summed E-state index contributed by atoms with van der Waals surface area (Å²) in [5, 5.41) is 7.18. The SMILES string of the molecule is Cc1cc(C)c(Nc2ccnc(NCC(C)C)n2)c(Cl)c1. The Morgan fingerprint density at radius 2 is 2.00 bits per heavy atom. The molecular weight excluding hydrogens is 284 g/mol. The molecule has 1 aromatic heterocycles. The molecule has 0 atom stereocenters. The first-order valence-corrected chi connectivity index (χ1v) is 7.44. The van der Waals surface area contributed by atoms with Gasteiger partial charge >= 0.3 is 0 Å². The van der Waals surface area contributed by atoms with Crippen molar-refractivity contribution in [3.8, 4) is 0 Å². The summed E-state index contributed by atoms with van der Waals surface area (Å²) >= 11 is 6.31. The molecule has 112 valence electrons. The molecule has 1 heterocycles. The summed E-state index contributed by atoms with van der Waals surface area (Å²) in [6.45, 7) is 9.18. The first-order valence-electron chi connectivity index (χ1n) is 7.06. The van der Waals surface area contributed by atoms with E-state index >= 15 is 0 Å². The molecule has 0 unspecified atom stereocenters. The Morgan fingerprint density at radius 3 is 2.67 bits per heavy atom. The van der Waals surface area contributed by atoms with Crippen molar-refractivity contribution in [3.05, 3.63) is 40.5 Å². The largest absolute Gasteiger partial charge is 0.354 e. The van der Waals surface area contributed by atoms with Crippen molar-refractivity contribution < 1.29 is 0 Å². The highest BCUT2D eigenvalue weighted by Gasteiger charge is 2.07. The maximum absolute atomic E-state index is 6.31. The van der Waals surface area contributed by atoms with E-state index in [9.17, 15) is 0 Å². The van der Waals surface area contributed by atoms with E-state index in [0.29, 0.717) is 16.9 Å². The summed E-state index contributed by atoms with van der Waals surface area (Å²) in [7, 11) is 0. The van der Waals surface area contributed by atoms with Crippen molar-refractivity contribution in [1.29, 1.82) is 0 Å². The number of nitrogens with zero attached hydrogens (tertiary/aromatic N) is 2. The number of anilines is 3. The van der Waals surface area contributed by atoms with Crippen LogP contribution in [0.5, 0.6) is 0 Å². The predicted molar refractivity (Wildman–Crippen MR) is 89.6 cm³/mol. The number of aryl methyl sites for hydroxylation is 2. The number of benzene rings is 1. The second-order valence-electron chi connectivity index (χ2n) is 5.60. The number of hydrogen-bond donors (Lipinski definition) is 2. The fourth-order valence-corrected chi connectivity index (χ4v) is 2.38. The number of halogens is 1. The Labute approximate surface area is 131 Å². The third-order valence-electron chi connectivity index (χ3n) is 3.01. The van der Waals surface area contributed by atoms with E-state index in [1.165, 1.54) is 0 Å². The van der Waals surface area contributed by atoms with E-state index in [1.807, 2.05) is 26.0 Å². The van der Waals surface area contributed by atoms with E-state index in [4.69, 9.17) is 11.6 Å². The van der Waals surface area contributed by atoms with Gasteiger partial charge in [-0.2, -0.15) is 4.98 Å².